The van der Waals surface area contributed by atoms with Crippen molar-refractivity contribution in [2.24, 2.45) is 0 Å². The van der Waals surface area contributed by atoms with Crippen molar-refractivity contribution in [3.63, 3.8) is 0 Å². The minimum Gasteiger partial charge on any atom is -0.373 e. The van der Waals surface area contributed by atoms with Gasteiger partial charge in [0.1, 0.15) is 11.5 Å². The summed E-state index contributed by atoms with van der Waals surface area (Å²) < 4.78 is 5.71. The van der Waals surface area contributed by atoms with Crippen LogP contribution in [0.5, 0.6) is 0 Å². The Kier molecular flexibility index (Phi) is 3.33. The monoisotopic (exact) mass is 262 g/mol. The molecule has 1 aromatic rings. The Bertz CT molecular complexity index is 462. The van der Waals surface area contributed by atoms with Gasteiger partial charge in [0.2, 0.25) is 0 Å². The Hall–Kier alpha value is -1.69. The van der Waals surface area contributed by atoms with E-state index in [-0.39, 0.29) is 18.1 Å². The maximum absolute atomic E-state index is 12.1. The highest BCUT2D eigenvalue weighted by Crippen LogP contribution is 2.34. The summed E-state index contributed by atoms with van der Waals surface area (Å²) in [6.07, 6.45) is 6.67. The minimum atomic E-state index is -0.170. The van der Waals surface area contributed by atoms with Crippen molar-refractivity contribution in [2.45, 2.75) is 44.4 Å². The molecule has 3 unspecified atom stereocenters. The number of anilines is 1. The molecule has 2 fully saturated rings. The molecule has 1 amide bonds. The molecule has 0 aliphatic carbocycles. The summed E-state index contributed by atoms with van der Waals surface area (Å²) in [5.74, 6) is 0.513. The van der Waals surface area contributed by atoms with E-state index < -0.39 is 0 Å². The standard InChI is InChI=1S/C13H18N4O2/c1-2-14-12-7-15-10(6-16-12)13(18)17-9-5-8-3-4-11(9)19-8/h6-9,11H,2-5H2,1H3,(H,14,16)(H,17,18). The van der Waals surface area contributed by atoms with Crippen molar-refractivity contribution in [3.8, 4) is 0 Å². The summed E-state index contributed by atoms with van der Waals surface area (Å²) in [5.41, 5.74) is 0.351. The number of hydrogen-bond acceptors (Lipinski definition) is 5. The largest absolute Gasteiger partial charge is 0.373 e. The Morgan fingerprint density at radius 2 is 2.32 bits per heavy atom. The quantitative estimate of drug-likeness (QED) is 0.845. The number of nitrogens with one attached hydrogen (secondary N) is 2. The average molecular weight is 262 g/mol. The molecule has 2 aliphatic heterocycles. The highest BCUT2D eigenvalue weighted by atomic mass is 16.5. The normalized spacial score (nSPS) is 28.4. The van der Waals surface area contributed by atoms with Crippen LogP contribution in [0.4, 0.5) is 5.82 Å². The Morgan fingerprint density at radius 3 is 2.89 bits per heavy atom. The van der Waals surface area contributed by atoms with Crippen molar-refractivity contribution in [2.75, 3.05) is 11.9 Å². The fourth-order valence-corrected chi connectivity index (χ4v) is 2.75. The fourth-order valence-electron chi connectivity index (χ4n) is 2.75. The Morgan fingerprint density at radius 1 is 1.42 bits per heavy atom. The lowest BCUT2D eigenvalue weighted by molar-refractivity contribution is 0.0837. The highest BCUT2D eigenvalue weighted by Gasteiger charge is 2.41. The molecule has 0 radical (unpaired) electrons. The highest BCUT2D eigenvalue weighted by molar-refractivity contribution is 5.92. The van der Waals surface area contributed by atoms with E-state index in [9.17, 15) is 4.79 Å². The van der Waals surface area contributed by atoms with Gasteiger partial charge in [0, 0.05) is 6.54 Å². The topological polar surface area (TPSA) is 76.1 Å². The minimum absolute atomic E-state index is 0.126. The molecule has 6 nitrogen and oxygen atoms in total. The lowest BCUT2D eigenvalue weighted by atomic mass is 9.95. The molecule has 2 bridgehead atoms. The van der Waals surface area contributed by atoms with Gasteiger partial charge in [-0.3, -0.25) is 4.79 Å². The molecule has 0 aromatic carbocycles. The van der Waals surface area contributed by atoms with Crippen LogP contribution in [0.15, 0.2) is 12.4 Å². The van der Waals surface area contributed by atoms with Crippen LogP contribution in [0.2, 0.25) is 0 Å². The average Bonchev–Trinajstić information content (AvgIpc) is 3.02. The number of rotatable bonds is 4. The van der Waals surface area contributed by atoms with E-state index in [2.05, 4.69) is 20.6 Å². The van der Waals surface area contributed by atoms with Gasteiger partial charge in [-0.15, -0.1) is 0 Å². The van der Waals surface area contributed by atoms with Crippen molar-refractivity contribution in [1.29, 1.82) is 0 Å². The molecule has 2 aliphatic rings. The van der Waals surface area contributed by atoms with E-state index in [1.54, 1.807) is 6.20 Å². The molecule has 3 heterocycles. The van der Waals surface area contributed by atoms with Gasteiger partial charge in [-0.05, 0) is 26.2 Å². The summed E-state index contributed by atoms with van der Waals surface area (Å²) in [6.45, 7) is 2.76. The number of nitrogens with zero attached hydrogens (tertiary/aromatic N) is 2. The number of fused-ring (bicyclic) bond motifs is 2. The molecule has 3 atom stereocenters. The second-order valence-corrected chi connectivity index (χ2v) is 5.01. The number of hydrogen-bond donors (Lipinski definition) is 2. The molecule has 102 valence electrons. The van der Waals surface area contributed by atoms with Gasteiger partial charge < -0.3 is 15.4 Å². The summed E-state index contributed by atoms with van der Waals surface area (Å²) in [5, 5.41) is 6.03. The summed E-state index contributed by atoms with van der Waals surface area (Å²) >= 11 is 0. The third-order valence-electron chi connectivity index (χ3n) is 3.66. The third kappa shape index (κ3) is 2.53. The van der Waals surface area contributed by atoms with Crippen molar-refractivity contribution < 1.29 is 9.53 Å². The zero-order valence-corrected chi connectivity index (χ0v) is 10.9. The van der Waals surface area contributed by atoms with Gasteiger partial charge in [-0.2, -0.15) is 0 Å². The van der Waals surface area contributed by atoms with Gasteiger partial charge >= 0.3 is 0 Å². The number of carbonyl (C=O) groups is 1. The predicted molar refractivity (Wildman–Crippen MR) is 70.0 cm³/mol. The lowest BCUT2D eigenvalue weighted by Crippen LogP contribution is -2.41. The Labute approximate surface area is 112 Å². The van der Waals surface area contributed by atoms with Crippen LogP contribution in [-0.2, 0) is 4.74 Å². The number of ether oxygens (including phenoxy) is 1. The van der Waals surface area contributed by atoms with Crippen molar-refractivity contribution >= 4 is 11.7 Å². The van der Waals surface area contributed by atoms with Crippen LogP contribution in [0.1, 0.15) is 36.7 Å². The number of carbonyl (C=O) groups excluding carboxylic acids is 1. The first-order valence-corrected chi connectivity index (χ1v) is 6.78. The lowest BCUT2D eigenvalue weighted by Gasteiger charge is -2.19. The molecule has 2 N–H and O–H groups in total. The molecule has 1 aromatic heterocycles. The SMILES string of the molecule is CCNc1cnc(C(=O)NC2CC3CCC2O3)cn1. The molecule has 6 heteroatoms. The van der Waals surface area contributed by atoms with E-state index in [1.165, 1.54) is 6.20 Å². The second-order valence-electron chi connectivity index (χ2n) is 5.01. The van der Waals surface area contributed by atoms with E-state index in [1.807, 2.05) is 6.92 Å². The zero-order valence-electron chi connectivity index (χ0n) is 10.9. The van der Waals surface area contributed by atoms with Gasteiger partial charge in [0.05, 0.1) is 30.6 Å². The fraction of sp³-hybridized carbons (Fsp3) is 0.615. The van der Waals surface area contributed by atoms with E-state index in [0.717, 1.165) is 25.8 Å². The molecular formula is C13H18N4O2. The molecule has 0 saturated carbocycles. The summed E-state index contributed by atoms with van der Waals surface area (Å²) in [6, 6.07) is 0.126. The van der Waals surface area contributed by atoms with Gasteiger partial charge in [0.15, 0.2) is 0 Å². The smallest absolute Gasteiger partial charge is 0.271 e. The first kappa shape index (κ1) is 12.3. The zero-order chi connectivity index (χ0) is 13.2. The summed E-state index contributed by atoms with van der Waals surface area (Å²) in [4.78, 5) is 20.3. The molecular weight excluding hydrogens is 244 g/mol. The summed E-state index contributed by atoms with van der Waals surface area (Å²) in [7, 11) is 0. The van der Waals surface area contributed by atoms with E-state index >= 15 is 0 Å². The predicted octanol–water partition coefficient (Wildman–Crippen LogP) is 0.958. The Balaban J connectivity index is 1.60. The molecule has 2 saturated heterocycles. The second kappa shape index (κ2) is 5.13. The van der Waals surface area contributed by atoms with Crippen LogP contribution in [0, 0.1) is 0 Å². The number of aromatic nitrogens is 2. The van der Waals surface area contributed by atoms with Gasteiger partial charge in [-0.25, -0.2) is 9.97 Å². The first-order chi connectivity index (χ1) is 9.26. The van der Waals surface area contributed by atoms with Crippen LogP contribution >= 0.6 is 0 Å². The van der Waals surface area contributed by atoms with Crippen LogP contribution < -0.4 is 10.6 Å². The van der Waals surface area contributed by atoms with Gasteiger partial charge in [0.25, 0.3) is 5.91 Å². The molecule has 19 heavy (non-hydrogen) atoms. The van der Waals surface area contributed by atoms with Crippen molar-refractivity contribution in [3.05, 3.63) is 18.1 Å². The molecule has 0 spiro atoms. The maximum atomic E-state index is 12.1. The van der Waals surface area contributed by atoms with E-state index in [0.29, 0.717) is 17.6 Å². The van der Waals surface area contributed by atoms with Crippen LogP contribution in [0.25, 0.3) is 0 Å². The maximum Gasteiger partial charge on any atom is 0.271 e. The number of amides is 1. The third-order valence-corrected chi connectivity index (χ3v) is 3.66. The van der Waals surface area contributed by atoms with Crippen LogP contribution in [-0.4, -0.2) is 40.7 Å². The molecule has 3 rings (SSSR count). The van der Waals surface area contributed by atoms with Crippen molar-refractivity contribution in [1.82, 2.24) is 15.3 Å². The van der Waals surface area contributed by atoms with Gasteiger partial charge in [-0.1, -0.05) is 0 Å². The van der Waals surface area contributed by atoms with Crippen LogP contribution in [0.3, 0.4) is 0 Å². The van der Waals surface area contributed by atoms with E-state index in [4.69, 9.17) is 4.74 Å². The first-order valence-electron chi connectivity index (χ1n) is 6.78.